The van der Waals surface area contributed by atoms with E-state index in [-0.39, 0.29) is 0 Å². The molecule has 0 N–H and O–H groups in total. The Morgan fingerprint density at radius 2 is 1.72 bits per heavy atom. The summed E-state index contributed by atoms with van der Waals surface area (Å²) in [6.45, 7) is 2.14. The minimum atomic E-state index is 0.417. The summed E-state index contributed by atoms with van der Waals surface area (Å²) in [6, 6.07) is 17.1. The molecule has 2 aromatic heterocycles. The molecule has 0 saturated heterocycles. The number of hydrogen-bond acceptors (Lipinski definition) is 2. The highest BCUT2D eigenvalue weighted by Crippen LogP contribution is 2.43. The number of rotatable bonds is 2. The number of fused-ring (bicyclic) bond motifs is 3. The Kier molecular flexibility index (Phi) is 4.36. The standard InChI is InChI=1S/C26H25N2O/c1-17-11-13-20-21-14-12-19(16-27)24(18-8-4-3-5-9-18)26(21)29-25(20)23(17)22-10-6-7-15-28(22)2/h6-7,10-15,18H,3-5,8-9H2,1-2H3/q+1. The van der Waals surface area contributed by atoms with Gasteiger partial charge in [0.05, 0.1) is 17.2 Å². The van der Waals surface area contributed by atoms with Crippen molar-refractivity contribution < 1.29 is 8.98 Å². The molecular weight excluding hydrogens is 356 g/mol. The van der Waals surface area contributed by atoms with E-state index in [0.717, 1.165) is 57.2 Å². The Morgan fingerprint density at radius 3 is 2.48 bits per heavy atom. The lowest BCUT2D eigenvalue weighted by Crippen LogP contribution is -2.30. The van der Waals surface area contributed by atoms with Gasteiger partial charge in [0.1, 0.15) is 18.2 Å². The quantitative estimate of drug-likeness (QED) is 0.382. The first kappa shape index (κ1) is 17.9. The highest BCUT2D eigenvalue weighted by atomic mass is 16.3. The van der Waals surface area contributed by atoms with Gasteiger partial charge in [-0.15, -0.1) is 0 Å². The molecule has 0 amide bonds. The predicted molar refractivity (Wildman–Crippen MR) is 116 cm³/mol. The number of aromatic nitrogens is 1. The fourth-order valence-corrected chi connectivity index (χ4v) is 5.02. The van der Waals surface area contributed by atoms with Gasteiger partial charge in [-0.05, 0) is 49.4 Å². The number of nitriles is 1. The zero-order valence-corrected chi connectivity index (χ0v) is 17.0. The van der Waals surface area contributed by atoms with Crippen LogP contribution in [0.2, 0.25) is 0 Å². The monoisotopic (exact) mass is 381 g/mol. The van der Waals surface area contributed by atoms with Crippen LogP contribution in [0.1, 0.15) is 54.7 Å². The first-order chi connectivity index (χ1) is 14.2. The second kappa shape index (κ2) is 7.04. The third-order valence-corrected chi connectivity index (χ3v) is 6.50. The van der Waals surface area contributed by atoms with E-state index < -0.39 is 0 Å². The van der Waals surface area contributed by atoms with Gasteiger partial charge in [0, 0.05) is 28.5 Å². The van der Waals surface area contributed by atoms with Crippen molar-refractivity contribution in [2.45, 2.75) is 44.9 Å². The number of furan rings is 1. The van der Waals surface area contributed by atoms with Crippen LogP contribution >= 0.6 is 0 Å². The van der Waals surface area contributed by atoms with Crippen LogP contribution in [0.3, 0.4) is 0 Å². The van der Waals surface area contributed by atoms with Crippen LogP contribution in [0.15, 0.2) is 53.1 Å². The van der Waals surface area contributed by atoms with E-state index in [2.05, 4.69) is 61.1 Å². The molecule has 0 atom stereocenters. The number of aryl methyl sites for hydroxylation is 2. The predicted octanol–water partition coefficient (Wildman–Crippen LogP) is 6.31. The number of hydrogen-bond donors (Lipinski definition) is 0. The first-order valence-corrected chi connectivity index (χ1v) is 10.5. The van der Waals surface area contributed by atoms with Crippen molar-refractivity contribution in [1.82, 2.24) is 0 Å². The molecule has 0 unspecified atom stereocenters. The minimum Gasteiger partial charge on any atom is -0.455 e. The van der Waals surface area contributed by atoms with Crippen LogP contribution in [0.25, 0.3) is 33.2 Å². The second-order valence-corrected chi connectivity index (χ2v) is 8.28. The summed E-state index contributed by atoms with van der Waals surface area (Å²) in [4.78, 5) is 0. The molecule has 3 heteroatoms. The lowest BCUT2D eigenvalue weighted by atomic mass is 9.81. The van der Waals surface area contributed by atoms with Gasteiger partial charge >= 0.3 is 0 Å². The third-order valence-electron chi connectivity index (χ3n) is 6.50. The van der Waals surface area contributed by atoms with Crippen LogP contribution in [0.4, 0.5) is 0 Å². The molecule has 29 heavy (non-hydrogen) atoms. The smallest absolute Gasteiger partial charge is 0.216 e. The Hall–Kier alpha value is -3.12. The first-order valence-electron chi connectivity index (χ1n) is 10.5. The van der Waals surface area contributed by atoms with Gasteiger partial charge < -0.3 is 4.42 Å². The zero-order valence-electron chi connectivity index (χ0n) is 17.0. The number of nitrogens with zero attached hydrogens (tertiary/aromatic N) is 2. The molecule has 3 nitrogen and oxygen atoms in total. The summed E-state index contributed by atoms with van der Waals surface area (Å²) >= 11 is 0. The maximum Gasteiger partial charge on any atom is 0.216 e. The molecule has 1 saturated carbocycles. The Labute approximate surface area is 171 Å². The zero-order chi connectivity index (χ0) is 20.0. The Balaban J connectivity index is 1.85. The fraction of sp³-hybridized carbons (Fsp3) is 0.308. The molecule has 5 rings (SSSR count). The lowest BCUT2D eigenvalue weighted by Gasteiger charge is -2.22. The topological polar surface area (TPSA) is 40.8 Å². The molecule has 0 spiro atoms. The molecule has 1 fully saturated rings. The summed E-state index contributed by atoms with van der Waals surface area (Å²) in [5.74, 6) is 0.417. The molecule has 144 valence electrons. The molecule has 0 bridgehead atoms. The van der Waals surface area contributed by atoms with E-state index in [4.69, 9.17) is 4.42 Å². The van der Waals surface area contributed by atoms with Gasteiger partial charge in [-0.25, -0.2) is 4.57 Å². The second-order valence-electron chi connectivity index (χ2n) is 8.28. The van der Waals surface area contributed by atoms with Crippen molar-refractivity contribution in [3.8, 4) is 17.3 Å². The van der Waals surface area contributed by atoms with Gasteiger partial charge in [0.25, 0.3) is 0 Å². The largest absolute Gasteiger partial charge is 0.455 e. The van der Waals surface area contributed by atoms with Gasteiger partial charge in [-0.3, -0.25) is 0 Å². The summed E-state index contributed by atoms with van der Waals surface area (Å²) < 4.78 is 8.77. The van der Waals surface area contributed by atoms with Crippen molar-refractivity contribution >= 4 is 21.9 Å². The van der Waals surface area contributed by atoms with Crippen LogP contribution in [0, 0.1) is 18.3 Å². The number of pyridine rings is 1. The highest BCUT2D eigenvalue weighted by molar-refractivity contribution is 6.11. The third kappa shape index (κ3) is 2.83. The van der Waals surface area contributed by atoms with E-state index in [1.165, 1.54) is 24.8 Å². The Morgan fingerprint density at radius 1 is 0.966 bits per heavy atom. The maximum absolute atomic E-state index is 9.80. The van der Waals surface area contributed by atoms with Gasteiger partial charge in [0.2, 0.25) is 5.69 Å². The van der Waals surface area contributed by atoms with Crippen molar-refractivity contribution in [2.24, 2.45) is 7.05 Å². The molecule has 1 aliphatic carbocycles. The van der Waals surface area contributed by atoms with Crippen LogP contribution in [-0.2, 0) is 7.05 Å². The Bertz CT molecular complexity index is 1270. The van der Waals surface area contributed by atoms with E-state index >= 15 is 0 Å². The molecule has 0 aliphatic heterocycles. The molecule has 1 aliphatic rings. The van der Waals surface area contributed by atoms with E-state index in [1.54, 1.807) is 0 Å². The van der Waals surface area contributed by atoms with Gasteiger partial charge in [-0.1, -0.05) is 31.4 Å². The van der Waals surface area contributed by atoms with Crippen molar-refractivity contribution in [2.75, 3.05) is 0 Å². The van der Waals surface area contributed by atoms with E-state index in [1.807, 2.05) is 12.1 Å². The molecule has 0 radical (unpaired) electrons. The highest BCUT2D eigenvalue weighted by Gasteiger charge is 2.26. The van der Waals surface area contributed by atoms with E-state index in [0.29, 0.717) is 5.92 Å². The fourth-order valence-electron chi connectivity index (χ4n) is 5.02. The minimum absolute atomic E-state index is 0.417. The van der Waals surface area contributed by atoms with Gasteiger partial charge in [0.15, 0.2) is 6.20 Å². The summed E-state index contributed by atoms with van der Waals surface area (Å²) in [7, 11) is 2.07. The molecule has 2 aromatic carbocycles. The average molecular weight is 381 g/mol. The molecular formula is C26H25N2O+. The molecule has 2 heterocycles. The van der Waals surface area contributed by atoms with Crippen LogP contribution in [0.5, 0.6) is 0 Å². The van der Waals surface area contributed by atoms with E-state index in [9.17, 15) is 5.26 Å². The van der Waals surface area contributed by atoms with Crippen molar-refractivity contribution in [3.63, 3.8) is 0 Å². The van der Waals surface area contributed by atoms with Crippen LogP contribution < -0.4 is 4.57 Å². The summed E-state index contributed by atoms with van der Waals surface area (Å²) in [5.41, 5.74) is 7.20. The summed E-state index contributed by atoms with van der Waals surface area (Å²) in [5, 5.41) is 12.1. The number of benzene rings is 2. The van der Waals surface area contributed by atoms with Crippen molar-refractivity contribution in [1.29, 1.82) is 5.26 Å². The van der Waals surface area contributed by atoms with Crippen LogP contribution in [-0.4, -0.2) is 0 Å². The summed E-state index contributed by atoms with van der Waals surface area (Å²) in [6.07, 6.45) is 8.11. The lowest BCUT2D eigenvalue weighted by molar-refractivity contribution is -0.660. The normalized spacial score (nSPS) is 15.1. The van der Waals surface area contributed by atoms with Crippen molar-refractivity contribution in [3.05, 3.63) is 65.4 Å². The molecule has 4 aromatic rings. The average Bonchev–Trinajstić information content (AvgIpc) is 3.13. The maximum atomic E-state index is 9.80. The van der Waals surface area contributed by atoms with Gasteiger partial charge in [-0.2, -0.15) is 5.26 Å². The SMILES string of the molecule is Cc1ccc2c(oc3c(C4CCCCC4)c(C#N)ccc32)c1-c1cccc[n+]1C.